The Morgan fingerprint density at radius 1 is 1.25 bits per heavy atom. The molecule has 20 heavy (non-hydrogen) atoms. The van der Waals surface area contributed by atoms with Crippen LogP contribution in [-0.2, 0) is 16.0 Å². The molecule has 0 unspecified atom stereocenters. The van der Waals surface area contributed by atoms with E-state index in [9.17, 15) is 9.59 Å². The Balaban J connectivity index is 2.43. The number of hydrogen-bond donors (Lipinski definition) is 2. The molecule has 0 heterocycles. The third kappa shape index (κ3) is 6.60. The number of carbonyl (C=O) groups is 2. The molecule has 0 aliphatic rings. The van der Waals surface area contributed by atoms with Crippen LogP contribution in [0.4, 0.5) is 5.69 Å². The van der Waals surface area contributed by atoms with Gasteiger partial charge in [0.1, 0.15) is 0 Å². The number of unbranched alkanes of at least 4 members (excludes halogenated alkanes) is 2. The van der Waals surface area contributed by atoms with Crippen molar-refractivity contribution in [3.8, 4) is 12.3 Å². The van der Waals surface area contributed by atoms with Crippen LogP contribution in [-0.4, -0.2) is 17.0 Å². The maximum atomic E-state index is 11.7. The molecule has 0 fully saturated rings. The van der Waals surface area contributed by atoms with Crippen LogP contribution in [0.15, 0.2) is 24.3 Å². The summed E-state index contributed by atoms with van der Waals surface area (Å²) in [4.78, 5) is 22.2. The van der Waals surface area contributed by atoms with Crippen LogP contribution >= 0.6 is 0 Å². The second kappa shape index (κ2) is 8.76. The zero-order valence-corrected chi connectivity index (χ0v) is 11.4. The molecule has 0 spiro atoms. The lowest BCUT2D eigenvalue weighted by Gasteiger charge is -2.07. The number of anilines is 1. The van der Waals surface area contributed by atoms with Gasteiger partial charge in [-0.15, -0.1) is 12.3 Å². The quantitative estimate of drug-likeness (QED) is 0.565. The molecule has 0 aromatic heterocycles. The van der Waals surface area contributed by atoms with Gasteiger partial charge in [-0.1, -0.05) is 12.1 Å². The number of nitrogens with one attached hydrogen (secondary N) is 1. The standard InChI is InChI=1S/C16H19NO3/c1-2-3-4-5-9-15(18)17-14-8-6-7-13(12-14)10-11-16(19)20/h1,6-8,12H,3-5,9-11H2,(H,17,18)(H,19,20). The van der Waals surface area contributed by atoms with Crippen LogP contribution in [0.2, 0.25) is 0 Å². The van der Waals surface area contributed by atoms with Crippen molar-refractivity contribution >= 4 is 17.6 Å². The monoisotopic (exact) mass is 273 g/mol. The molecule has 0 aliphatic heterocycles. The zero-order chi connectivity index (χ0) is 14.8. The topological polar surface area (TPSA) is 66.4 Å². The molecule has 106 valence electrons. The van der Waals surface area contributed by atoms with Gasteiger partial charge >= 0.3 is 5.97 Å². The average Bonchev–Trinajstić information content (AvgIpc) is 2.42. The molecule has 1 aromatic carbocycles. The van der Waals surface area contributed by atoms with Crippen molar-refractivity contribution in [1.29, 1.82) is 0 Å². The molecular weight excluding hydrogens is 254 g/mol. The summed E-state index contributed by atoms with van der Waals surface area (Å²) >= 11 is 0. The SMILES string of the molecule is C#CCCCCC(=O)Nc1cccc(CCC(=O)O)c1. The Morgan fingerprint density at radius 2 is 2.05 bits per heavy atom. The van der Waals surface area contributed by atoms with Crippen molar-refractivity contribution < 1.29 is 14.7 Å². The van der Waals surface area contributed by atoms with Crippen molar-refractivity contribution in [3.05, 3.63) is 29.8 Å². The molecule has 1 amide bonds. The average molecular weight is 273 g/mol. The number of benzene rings is 1. The van der Waals surface area contributed by atoms with E-state index in [1.807, 2.05) is 18.2 Å². The Kier molecular flexibility index (Phi) is 6.91. The number of hydrogen-bond acceptors (Lipinski definition) is 2. The van der Waals surface area contributed by atoms with Gasteiger partial charge in [0.05, 0.1) is 0 Å². The summed E-state index contributed by atoms with van der Waals surface area (Å²) < 4.78 is 0. The van der Waals surface area contributed by atoms with E-state index >= 15 is 0 Å². The summed E-state index contributed by atoms with van der Waals surface area (Å²) in [5.41, 5.74) is 1.60. The van der Waals surface area contributed by atoms with E-state index in [0.717, 1.165) is 18.4 Å². The fourth-order valence-electron chi connectivity index (χ4n) is 1.79. The highest BCUT2D eigenvalue weighted by atomic mass is 16.4. The van der Waals surface area contributed by atoms with Crippen LogP contribution < -0.4 is 5.32 Å². The molecule has 1 aromatic rings. The highest BCUT2D eigenvalue weighted by Gasteiger charge is 2.04. The summed E-state index contributed by atoms with van der Waals surface area (Å²) in [7, 11) is 0. The minimum absolute atomic E-state index is 0.0441. The smallest absolute Gasteiger partial charge is 0.303 e. The van der Waals surface area contributed by atoms with E-state index in [4.69, 9.17) is 11.5 Å². The lowest BCUT2D eigenvalue weighted by molar-refractivity contribution is -0.137. The number of amides is 1. The number of carboxylic acids is 1. The lowest BCUT2D eigenvalue weighted by atomic mass is 10.1. The van der Waals surface area contributed by atoms with Gasteiger partial charge in [-0.3, -0.25) is 9.59 Å². The van der Waals surface area contributed by atoms with Crippen LogP contribution in [0, 0.1) is 12.3 Å². The summed E-state index contributed by atoms with van der Waals surface area (Å²) in [6.45, 7) is 0. The van der Waals surface area contributed by atoms with E-state index < -0.39 is 5.97 Å². The second-order valence-corrected chi connectivity index (χ2v) is 4.55. The highest BCUT2D eigenvalue weighted by Crippen LogP contribution is 2.13. The largest absolute Gasteiger partial charge is 0.481 e. The molecule has 0 aliphatic carbocycles. The van der Waals surface area contributed by atoms with Gasteiger partial charge in [-0.2, -0.15) is 0 Å². The lowest BCUT2D eigenvalue weighted by Crippen LogP contribution is -2.11. The molecule has 0 saturated heterocycles. The number of carboxylic acid groups (broad SMARTS) is 1. The highest BCUT2D eigenvalue weighted by molar-refractivity contribution is 5.90. The summed E-state index contributed by atoms with van der Waals surface area (Å²) in [6.07, 6.45) is 8.45. The van der Waals surface area contributed by atoms with Crippen LogP contribution in [0.3, 0.4) is 0 Å². The van der Waals surface area contributed by atoms with Crippen molar-refractivity contribution in [2.75, 3.05) is 5.32 Å². The maximum absolute atomic E-state index is 11.7. The number of terminal acetylenes is 1. The summed E-state index contributed by atoms with van der Waals surface area (Å²) in [6, 6.07) is 7.27. The first-order valence-corrected chi connectivity index (χ1v) is 6.66. The molecular formula is C16H19NO3. The number of aryl methyl sites for hydroxylation is 1. The number of aliphatic carboxylic acids is 1. The third-order valence-corrected chi connectivity index (χ3v) is 2.81. The summed E-state index contributed by atoms with van der Waals surface area (Å²) in [5, 5.41) is 11.5. The minimum atomic E-state index is -0.826. The summed E-state index contributed by atoms with van der Waals surface area (Å²) in [5.74, 6) is 1.67. The number of carbonyl (C=O) groups excluding carboxylic acids is 1. The van der Waals surface area contributed by atoms with Crippen molar-refractivity contribution in [2.45, 2.75) is 38.5 Å². The molecule has 4 nitrogen and oxygen atoms in total. The Labute approximate surface area is 119 Å². The normalized spacial score (nSPS) is 9.75. The number of rotatable bonds is 8. The molecule has 0 saturated carbocycles. The van der Waals surface area contributed by atoms with Gasteiger partial charge in [0.15, 0.2) is 0 Å². The second-order valence-electron chi connectivity index (χ2n) is 4.55. The molecule has 0 radical (unpaired) electrons. The maximum Gasteiger partial charge on any atom is 0.303 e. The first-order chi connectivity index (χ1) is 9.61. The fourth-order valence-corrected chi connectivity index (χ4v) is 1.79. The van der Waals surface area contributed by atoms with Crippen LogP contribution in [0.25, 0.3) is 0 Å². The van der Waals surface area contributed by atoms with E-state index in [2.05, 4.69) is 11.2 Å². The van der Waals surface area contributed by atoms with E-state index in [1.54, 1.807) is 6.07 Å². The zero-order valence-electron chi connectivity index (χ0n) is 11.4. The van der Waals surface area contributed by atoms with Gasteiger partial charge in [0.25, 0.3) is 0 Å². The van der Waals surface area contributed by atoms with Crippen molar-refractivity contribution in [2.24, 2.45) is 0 Å². The fraction of sp³-hybridized carbons (Fsp3) is 0.375. The molecule has 0 bridgehead atoms. The van der Waals surface area contributed by atoms with Gasteiger partial charge in [-0.05, 0) is 37.0 Å². The Bertz CT molecular complexity index is 503. The van der Waals surface area contributed by atoms with E-state index in [1.165, 1.54) is 0 Å². The Hall–Kier alpha value is -2.28. The van der Waals surface area contributed by atoms with Crippen LogP contribution in [0.1, 0.15) is 37.7 Å². The molecule has 0 atom stereocenters. The van der Waals surface area contributed by atoms with E-state index in [0.29, 0.717) is 24.9 Å². The van der Waals surface area contributed by atoms with Crippen molar-refractivity contribution in [3.63, 3.8) is 0 Å². The third-order valence-electron chi connectivity index (χ3n) is 2.81. The van der Waals surface area contributed by atoms with Crippen molar-refractivity contribution in [1.82, 2.24) is 0 Å². The van der Waals surface area contributed by atoms with Crippen LogP contribution in [0.5, 0.6) is 0 Å². The first-order valence-electron chi connectivity index (χ1n) is 6.66. The van der Waals surface area contributed by atoms with E-state index in [-0.39, 0.29) is 12.3 Å². The molecule has 4 heteroatoms. The Morgan fingerprint density at radius 3 is 2.75 bits per heavy atom. The molecule has 1 rings (SSSR count). The van der Waals surface area contributed by atoms with Gasteiger partial charge in [-0.25, -0.2) is 0 Å². The first kappa shape index (κ1) is 15.8. The minimum Gasteiger partial charge on any atom is -0.481 e. The van der Waals surface area contributed by atoms with Gasteiger partial charge in [0.2, 0.25) is 5.91 Å². The predicted molar refractivity (Wildman–Crippen MR) is 78.3 cm³/mol. The molecule has 2 N–H and O–H groups in total. The van der Waals surface area contributed by atoms with Gasteiger partial charge in [0, 0.05) is 24.9 Å². The predicted octanol–water partition coefficient (Wildman–Crippen LogP) is 2.84. The van der Waals surface area contributed by atoms with Gasteiger partial charge < -0.3 is 10.4 Å².